The quantitative estimate of drug-likeness (QED) is 0.923. The highest BCUT2D eigenvalue weighted by molar-refractivity contribution is 8.00. The SMILES string of the molecule is CCC1CN(C(CN)c2cccc(F)c2F)CCS1. The summed E-state index contributed by atoms with van der Waals surface area (Å²) in [5.41, 5.74) is 6.18. The van der Waals surface area contributed by atoms with Crippen molar-refractivity contribution in [1.82, 2.24) is 4.90 Å². The fourth-order valence-corrected chi connectivity index (χ4v) is 3.73. The van der Waals surface area contributed by atoms with E-state index >= 15 is 0 Å². The second kappa shape index (κ2) is 6.68. The van der Waals surface area contributed by atoms with Crippen LogP contribution in [0.25, 0.3) is 0 Å². The van der Waals surface area contributed by atoms with Gasteiger partial charge in [0.05, 0.1) is 6.04 Å². The minimum atomic E-state index is -0.797. The molecule has 1 heterocycles. The van der Waals surface area contributed by atoms with Crippen molar-refractivity contribution in [3.63, 3.8) is 0 Å². The highest BCUT2D eigenvalue weighted by atomic mass is 32.2. The number of hydrogen-bond acceptors (Lipinski definition) is 3. The van der Waals surface area contributed by atoms with E-state index in [9.17, 15) is 8.78 Å². The number of thioether (sulfide) groups is 1. The van der Waals surface area contributed by atoms with Crippen molar-refractivity contribution in [3.8, 4) is 0 Å². The molecule has 0 saturated carbocycles. The van der Waals surface area contributed by atoms with Gasteiger partial charge in [-0.15, -0.1) is 0 Å². The van der Waals surface area contributed by atoms with E-state index in [1.165, 1.54) is 0 Å². The first kappa shape index (κ1) is 14.8. The Balaban J connectivity index is 2.21. The second-order valence-corrected chi connectivity index (χ2v) is 6.20. The van der Waals surface area contributed by atoms with Crippen LogP contribution in [0.2, 0.25) is 0 Å². The zero-order chi connectivity index (χ0) is 13.8. The van der Waals surface area contributed by atoms with Gasteiger partial charge in [0.1, 0.15) is 0 Å². The Hall–Kier alpha value is -0.650. The first-order chi connectivity index (χ1) is 9.17. The van der Waals surface area contributed by atoms with Crippen molar-refractivity contribution >= 4 is 11.8 Å². The van der Waals surface area contributed by atoms with E-state index in [1.54, 1.807) is 12.1 Å². The zero-order valence-corrected chi connectivity index (χ0v) is 11.9. The largest absolute Gasteiger partial charge is 0.329 e. The average molecular weight is 286 g/mol. The van der Waals surface area contributed by atoms with Gasteiger partial charge in [0, 0.05) is 36.2 Å². The maximum absolute atomic E-state index is 13.9. The maximum atomic E-state index is 13.9. The van der Waals surface area contributed by atoms with E-state index in [1.807, 2.05) is 11.8 Å². The van der Waals surface area contributed by atoms with Crippen LogP contribution in [-0.2, 0) is 0 Å². The van der Waals surface area contributed by atoms with Gasteiger partial charge < -0.3 is 5.73 Å². The van der Waals surface area contributed by atoms with Crippen molar-refractivity contribution in [2.75, 3.05) is 25.4 Å². The van der Waals surface area contributed by atoms with Crippen LogP contribution in [0.4, 0.5) is 8.78 Å². The van der Waals surface area contributed by atoms with Crippen molar-refractivity contribution in [3.05, 3.63) is 35.4 Å². The van der Waals surface area contributed by atoms with E-state index in [4.69, 9.17) is 5.73 Å². The predicted molar refractivity (Wildman–Crippen MR) is 76.3 cm³/mol. The van der Waals surface area contributed by atoms with E-state index in [2.05, 4.69) is 11.8 Å². The number of nitrogens with two attached hydrogens (primary N) is 1. The fourth-order valence-electron chi connectivity index (χ4n) is 2.52. The topological polar surface area (TPSA) is 29.3 Å². The molecule has 106 valence electrons. The molecule has 19 heavy (non-hydrogen) atoms. The fraction of sp³-hybridized carbons (Fsp3) is 0.571. The Bertz CT molecular complexity index is 428. The first-order valence-electron chi connectivity index (χ1n) is 6.67. The smallest absolute Gasteiger partial charge is 0.163 e. The molecule has 1 aromatic rings. The van der Waals surface area contributed by atoms with Crippen LogP contribution >= 0.6 is 11.8 Å². The molecule has 0 bridgehead atoms. The first-order valence-corrected chi connectivity index (χ1v) is 7.71. The Morgan fingerprint density at radius 2 is 2.26 bits per heavy atom. The molecule has 1 fully saturated rings. The van der Waals surface area contributed by atoms with Crippen LogP contribution in [0, 0.1) is 11.6 Å². The molecule has 2 atom stereocenters. The second-order valence-electron chi connectivity index (χ2n) is 4.79. The molecule has 2 N–H and O–H groups in total. The zero-order valence-electron chi connectivity index (χ0n) is 11.1. The highest BCUT2D eigenvalue weighted by Gasteiger charge is 2.28. The molecule has 0 amide bonds. The lowest BCUT2D eigenvalue weighted by Crippen LogP contribution is -2.43. The van der Waals surface area contributed by atoms with Crippen molar-refractivity contribution in [2.45, 2.75) is 24.6 Å². The van der Waals surface area contributed by atoms with E-state index in [-0.39, 0.29) is 6.04 Å². The van der Waals surface area contributed by atoms with Crippen molar-refractivity contribution in [1.29, 1.82) is 0 Å². The van der Waals surface area contributed by atoms with Crippen LogP contribution in [0.3, 0.4) is 0 Å². The lowest BCUT2D eigenvalue weighted by atomic mass is 10.0. The van der Waals surface area contributed by atoms with Gasteiger partial charge in [-0.3, -0.25) is 4.90 Å². The molecular weight excluding hydrogens is 266 g/mol. The third kappa shape index (κ3) is 3.27. The molecule has 5 heteroatoms. The number of hydrogen-bond donors (Lipinski definition) is 1. The van der Waals surface area contributed by atoms with Crippen LogP contribution in [0.1, 0.15) is 24.9 Å². The summed E-state index contributed by atoms with van der Waals surface area (Å²) in [4.78, 5) is 2.18. The van der Waals surface area contributed by atoms with Gasteiger partial charge in [0.15, 0.2) is 11.6 Å². The van der Waals surface area contributed by atoms with Gasteiger partial charge in [-0.1, -0.05) is 19.1 Å². The molecule has 1 aromatic carbocycles. The van der Waals surface area contributed by atoms with E-state index in [0.29, 0.717) is 17.4 Å². The average Bonchev–Trinajstić information content (AvgIpc) is 2.44. The number of benzene rings is 1. The standard InChI is InChI=1S/C14H20F2N2S/c1-2-10-9-18(6-7-19-10)13(8-17)11-4-3-5-12(15)14(11)16/h3-5,10,13H,2,6-9,17H2,1H3. The minimum Gasteiger partial charge on any atom is -0.329 e. The van der Waals surface area contributed by atoms with E-state index < -0.39 is 11.6 Å². The van der Waals surface area contributed by atoms with Crippen molar-refractivity contribution < 1.29 is 8.78 Å². The summed E-state index contributed by atoms with van der Waals surface area (Å²) in [5.74, 6) is -0.537. The Kier molecular flexibility index (Phi) is 5.19. The van der Waals surface area contributed by atoms with Gasteiger partial charge in [0.2, 0.25) is 0 Å². The van der Waals surface area contributed by atoms with Gasteiger partial charge >= 0.3 is 0 Å². The monoisotopic (exact) mass is 286 g/mol. The molecule has 0 radical (unpaired) electrons. The molecule has 0 aliphatic carbocycles. The molecule has 1 aliphatic rings. The number of halogens is 2. The van der Waals surface area contributed by atoms with Crippen LogP contribution in [-0.4, -0.2) is 35.5 Å². The molecule has 2 rings (SSSR count). The normalized spacial score (nSPS) is 22.4. The van der Waals surface area contributed by atoms with Crippen LogP contribution in [0.5, 0.6) is 0 Å². The van der Waals surface area contributed by atoms with Gasteiger partial charge in [-0.05, 0) is 12.5 Å². The highest BCUT2D eigenvalue weighted by Crippen LogP contribution is 2.29. The van der Waals surface area contributed by atoms with Crippen LogP contribution in [0.15, 0.2) is 18.2 Å². The summed E-state index contributed by atoms with van der Waals surface area (Å²) >= 11 is 1.95. The Morgan fingerprint density at radius 3 is 2.95 bits per heavy atom. The Morgan fingerprint density at radius 1 is 1.47 bits per heavy atom. The molecule has 0 aromatic heterocycles. The number of rotatable bonds is 4. The molecular formula is C14H20F2N2S. The predicted octanol–water partition coefficient (Wildman–Crippen LogP) is 2.79. The molecule has 2 nitrogen and oxygen atoms in total. The summed E-state index contributed by atoms with van der Waals surface area (Å²) < 4.78 is 27.3. The molecule has 1 aliphatic heterocycles. The third-order valence-electron chi connectivity index (χ3n) is 3.63. The Labute approximate surface area is 117 Å². The minimum absolute atomic E-state index is 0.231. The van der Waals surface area contributed by atoms with Gasteiger partial charge in [-0.25, -0.2) is 8.78 Å². The summed E-state index contributed by atoms with van der Waals surface area (Å²) in [6.07, 6.45) is 1.09. The summed E-state index contributed by atoms with van der Waals surface area (Å²) in [5, 5.41) is 0.555. The lowest BCUT2D eigenvalue weighted by Gasteiger charge is -2.37. The maximum Gasteiger partial charge on any atom is 0.163 e. The van der Waals surface area contributed by atoms with Gasteiger partial charge in [0.25, 0.3) is 0 Å². The molecule has 0 spiro atoms. The van der Waals surface area contributed by atoms with Crippen LogP contribution < -0.4 is 5.73 Å². The summed E-state index contributed by atoms with van der Waals surface area (Å²) in [6.45, 7) is 4.22. The molecule has 1 saturated heterocycles. The van der Waals surface area contributed by atoms with E-state index in [0.717, 1.165) is 31.3 Å². The number of nitrogens with zero attached hydrogens (tertiary/aromatic N) is 1. The van der Waals surface area contributed by atoms with Crippen molar-refractivity contribution in [2.24, 2.45) is 5.73 Å². The lowest BCUT2D eigenvalue weighted by molar-refractivity contribution is 0.202. The summed E-state index contributed by atoms with van der Waals surface area (Å²) in [7, 11) is 0. The summed E-state index contributed by atoms with van der Waals surface area (Å²) in [6, 6.07) is 4.10. The van der Waals surface area contributed by atoms with Gasteiger partial charge in [-0.2, -0.15) is 11.8 Å². The molecule has 2 unspecified atom stereocenters. The third-order valence-corrected chi connectivity index (χ3v) is 5.00.